The number of carbonyl (C=O) groups is 1. The van der Waals surface area contributed by atoms with Crippen molar-refractivity contribution >= 4 is 41.5 Å². The van der Waals surface area contributed by atoms with E-state index in [1.165, 1.54) is 0 Å². The van der Waals surface area contributed by atoms with Crippen LogP contribution in [0.3, 0.4) is 0 Å². The van der Waals surface area contributed by atoms with Crippen molar-refractivity contribution in [3.63, 3.8) is 0 Å². The maximum absolute atomic E-state index is 11.5. The van der Waals surface area contributed by atoms with Gasteiger partial charge in [0.1, 0.15) is 0 Å². The van der Waals surface area contributed by atoms with Crippen LogP contribution in [0.25, 0.3) is 0 Å². The van der Waals surface area contributed by atoms with Gasteiger partial charge >= 0.3 is 0 Å². The lowest BCUT2D eigenvalue weighted by atomic mass is 10.1. The zero-order valence-corrected chi connectivity index (χ0v) is 17.0. The van der Waals surface area contributed by atoms with Crippen LogP contribution in [0.4, 0.5) is 5.69 Å². The van der Waals surface area contributed by atoms with Crippen LogP contribution in [0.5, 0.6) is 0 Å². The van der Waals surface area contributed by atoms with Gasteiger partial charge in [0.15, 0.2) is 5.96 Å². The number of carbonyl (C=O) groups excluding carboxylic acids is 1. The Morgan fingerprint density at radius 3 is 2.26 bits per heavy atom. The number of hydrogen-bond acceptors (Lipinski definition) is 2. The molecule has 0 bridgehead atoms. The predicted molar refractivity (Wildman–Crippen MR) is 108 cm³/mol. The minimum Gasteiger partial charge on any atom is -0.352 e. The first kappa shape index (κ1) is 21.7. The molecule has 0 aliphatic heterocycles. The Bertz CT molecular complexity index is 506. The summed E-state index contributed by atoms with van der Waals surface area (Å²) in [5.41, 5.74) is 1.93. The van der Waals surface area contributed by atoms with E-state index < -0.39 is 0 Å². The molecule has 1 rings (SSSR count). The number of hydrogen-bond donors (Lipinski definition) is 3. The van der Waals surface area contributed by atoms with E-state index >= 15 is 0 Å². The standard InChI is InChI=1S/C17H28N4O.HI/c1-6-7-15(22)20-14-10-8-13(9-11-14)12-19-16(18-5)21-17(2,3)4;/h8-11H,6-7,12H2,1-5H3,(H,20,22)(H2,18,19,21);1H. The van der Waals surface area contributed by atoms with Gasteiger partial charge in [-0.1, -0.05) is 19.1 Å². The number of nitrogens with one attached hydrogen (secondary N) is 3. The Labute approximate surface area is 156 Å². The lowest BCUT2D eigenvalue weighted by molar-refractivity contribution is -0.116. The molecule has 0 aromatic heterocycles. The third-order valence-electron chi connectivity index (χ3n) is 2.89. The van der Waals surface area contributed by atoms with Crippen LogP contribution in [0.15, 0.2) is 29.3 Å². The topological polar surface area (TPSA) is 65.5 Å². The minimum atomic E-state index is -0.0325. The third-order valence-corrected chi connectivity index (χ3v) is 2.89. The van der Waals surface area contributed by atoms with E-state index in [2.05, 4.69) is 41.7 Å². The lowest BCUT2D eigenvalue weighted by Gasteiger charge is -2.23. The highest BCUT2D eigenvalue weighted by Crippen LogP contribution is 2.10. The molecule has 0 spiro atoms. The van der Waals surface area contributed by atoms with E-state index in [0.717, 1.165) is 23.6 Å². The number of amides is 1. The summed E-state index contributed by atoms with van der Waals surface area (Å²) in [5, 5.41) is 9.47. The van der Waals surface area contributed by atoms with Gasteiger partial charge in [-0.05, 0) is 44.9 Å². The molecule has 0 radical (unpaired) electrons. The summed E-state index contributed by atoms with van der Waals surface area (Å²) in [6.45, 7) is 8.95. The molecule has 1 aromatic carbocycles. The summed E-state index contributed by atoms with van der Waals surface area (Å²) in [7, 11) is 1.76. The Morgan fingerprint density at radius 2 is 1.78 bits per heavy atom. The molecule has 0 unspecified atom stereocenters. The van der Waals surface area contributed by atoms with Crippen molar-refractivity contribution in [2.45, 2.75) is 52.6 Å². The van der Waals surface area contributed by atoms with Gasteiger partial charge in [-0.3, -0.25) is 9.79 Å². The van der Waals surface area contributed by atoms with E-state index in [0.29, 0.717) is 13.0 Å². The zero-order valence-electron chi connectivity index (χ0n) is 14.7. The normalized spacial score (nSPS) is 11.4. The van der Waals surface area contributed by atoms with Crippen molar-refractivity contribution in [1.82, 2.24) is 10.6 Å². The molecule has 23 heavy (non-hydrogen) atoms. The van der Waals surface area contributed by atoms with Crippen LogP contribution in [-0.4, -0.2) is 24.5 Å². The van der Waals surface area contributed by atoms with Crippen LogP contribution in [0.1, 0.15) is 46.1 Å². The van der Waals surface area contributed by atoms with Crippen molar-refractivity contribution in [2.75, 3.05) is 12.4 Å². The van der Waals surface area contributed by atoms with Crippen LogP contribution < -0.4 is 16.0 Å². The van der Waals surface area contributed by atoms with Crippen molar-refractivity contribution in [1.29, 1.82) is 0 Å². The van der Waals surface area contributed by atoms with E-state index in [1.54, 1.807) is 7.05 Å². The molecular formula is C17H29IN4O. The summed E-state index contributed by atoms with van der Waals surface area (Å²) in [4.78, 5) is 15.7. The van der Waals surface area contributed by atoms with E-state index in [-0.39, 0.29) is 35.4 Å². The first-order valence-corrected chi connectivity index (χ1v) is 7.71. The van der Waals surface area contributed by atoms with Crippen molar-refractivity contribution < 1.29 is 4.79 Å². The first-order chi connectivity index (χ1) is 10.3. The molecule has 0 fully saturated rings. The maximum Gasteiger partial charge on any atom is 0.224 e. The van der Waals surface area contributed by atoms with Crippen molar-refractivity contribution in [3.8, 4) is 0 Å². The van der Waals surface area contributed by atoms with Gasteiger partial charge in [0.05, 0.1) is 0 Å². The van der Waals surface area contributed by atoms with Crippen LogP contribution in [0, 0.1) is 0 Å². The Hall–Kier alpha value is -1.31. The monoisotopic (exact) mass is 432 g/mol. The van der Waals surface area contributed by atoms with Gasteiger partial charge in [0.25, 0.3) is 0 Å². The van der Waals surface area contributed by atoms with Gasteiger partial charge < -0.3 is 16.0 Å². The van der Waals surface area contributed by atoms with Crippen molar-refractivity contribution in [3.05, 3.63) is 29.8 Å². The molecule has 0 aliphatic carbocycles. The number of halogens is 1. The fourth-order valence-electron chi connectivity index (χ4n) is 1.88. The number of rotatable bonds is 5. The summed E-state index contributed by atoms with van der Waals surface area (Å²) >= 11 is 0. The molecule has 0 heterocycles. The predicted octanol–water partition coefficient (Wildman–Crippen LogP) is 3.51. The molecule has 1 amide bonds. The molecule has 1 aromatic rings. The second kappa shape index (κ2) is 10.5. The Kier molecular flexibility index (Phi) is 9.87. The molecule has 3 N–H and O–H groups in total. The number of nitrogens with zero attached hydrogens (tertiary/aromatic N) is 1. The summed E-state index contributed by atoms with van der Waals surface area (Å²) in [6, 6.07) is 7.84. The number of anilines is 1. The second-order valence-electron chi connectivity index (χ2n) is 6.30. The largest absolute Gasteiger partial charge is 0.352 e. The number of aliphatic imine (C=N–C) groups is 1. The minimum absolute atomic E-state index is 0. The van der Waals surface area contributed by atoms with Gasteiger partial charge in [-0.25, -0.2) is 0 Å². The molecule has 6 heteroatoms. The number of benzene rings is 1. The smallest absolute Gasteiger partial charge is 0.224 e. The molecule has 0 aliphatic rings. The summed E-state index contributed by atoms with van der Waals surface area (Å²) in [5.74, 6) is 0.830. The average Bonchev–Trinajstić information content (AvgIpc) is 2.44. The van der Waals surface area contributed by atoms with Gasteiger partial charge in [0, 0.05) is 31.2 Å². The quantitative estimate of drug-likeness (QED) is 0.379. The molecular weight excluding hydrogens is 403 g/mol. The highest BCUT2D eigenvalue weighted by molar-refractivity contribution is 14.0. The zero-order chi connectivity index (χ0) is 16.6. The molecule has 130 valence electrons. The van der Waals surface area contributed by atoms with Gasteiger partial charge in [0.2, 0.25) is 5.91 Å². The Balaban J connectivity index is 0.00000484. The highest BCUT2D eigenvalue weighted by Gasteiger charge is 2.11. The molecule has 0 saturated heterocycles. The van der Waals surface area contributed by atoms with Crippen LogP contribution >= 0.6 is 24.0 Å². The summed E-state index contributed by atoms with van der Waals surface area (Å²) < 4.78 is 0. The van der Waals surface area contributed by atoms with Gasteiger partial charge in [-0.15, -0.1) is 24.0 Å². The first-order valence-electron chi connectivity index (χ1n) is 7.71. The van der Waals surface area contributed by atoms with Crippen LogP contribution in [-0.2, 0) is 11.3 Å². The summed E-state index contributed by atoms with van der Waals surface area (Å²) in [6.07, 6.45) is 1.41. The molecule has 0 saturated carbocycles. The van der Waals surface area contributed by atoms with E-state index in [4.69, 9.17) is 0 Å². The second-order valence-corrected chi connectivity index (χ2v) is 6.30. The van der Waals surface area contributed by atoms with E-state index in [9.17, 15) is 4.79 Å². The van der Waals surface area contributed by atoms with Crippen LogP contribution in [0.2, 0.25) is 0 Å². The van der Waals surface area contributed by atoms with Crippen molar-refractivity contribution in [2.24, 2.45) is 4.99 Å². The average molecular weight is 432 g/mol. The van der Waals surface area contributed by atoms with E-state index in [1.807, 2.05) is 31.2 Å². The van der Waals surface area contributed by atoms with Gasteiger partial charge in [-0.2, -0.15) is 0 Å². The molecule has 5 nitrogen and oxygen atoms in total. The fourth-order valence-corrected chi connectivity index (χ4v) is 1.88. The lowest BCUT2D eigenvalue weighted by Crippen LogP contribution is -2.47. The highest BCUT2D eigenvalue weighted by atomic mass is 127. The molecule has 0 atom stereocenters. The number of guanidine groups is 1. The third kappa shape index (κ3) is 9.43. The maximum atomic E-state index is 11.5. The Morgan fingerprint density at radius 1 is 1.17 bits per heavy atom. The SMILES string of the molecule is CCCC(=O)Nc1ccc(CNC(=NC)NC(C)(C)C)cc1.I. The fraction of sp³-hybridized carbons (Fsp3) is 0.529.